The van der Waals surface area contributed by atoms with Crippen LogP contribution in [0.2, 0.25) is 0 Å². The molecule has 18 heavy (non-hydrogen) atoms. The van der Waals surface area contributed by atoms with Gasteiger partial charge in [-0.05, 0) is 25.0 Å². The van der Waals surface area contributed by atoms with Crippen molar-refractivity contribution in [3.63, 3.8) is 0 Å². The van der Waals surface area contributed by atoms with E-state index in [-0.39, 0.29) is 17.2 Å². The maximum Gasteiger partial charge on any atom is 0.310 e. The normalized spacial score (nSPS) is 25.3. The molecule has 0 radical (unpaired) electrons. The SMILES string of the molecule is Cc1ccc([N+](=O)[O-])c(OC2CC(Br)C2(C)C)c1. The number of nitrogens with zero attached hydrogens (tertiary/aromatic N) is 1. The Morgan fingerprint density at radius 1 is 1.50 bits per heavy atom. The molecule has 98 valence electrons. The van der Waals surface area contributed by atoms with E-state index >= 15 is 0 Å². The van der Waals surface area contributed by atoms with Crippen LogP contribution in [0.15, 0.2) is 18.2 Å². The van der Waals surface area contributed by atoms with Gasteiger partial charge in [0, 0.05) is 16.3 Å². The predicted molar refractivity (Wildman–Crippen MR) is 73.4 cm³/mol. The van der Waals surface area contributed by atoms with Gasteiger partial charge in [-0.2, -0.15) is 0 Å². The van der Waals surface area contributed by atoms with Gasteiger partial charge in [0.05, 0.1) is 4.92 Å². The first kappa shape index (κ1) is 13.3. The van der Waals surface area contributed by atoms with E-state index in [1.54, 1.807) is 12.1 Å². The standard InChI is InChI=1S/C13H16BrNO3/c1-8-4-5-9(15(16)17)10(6-8)18-12-7-11(14)13(12,2)3/h4-6,11-12H,7H2,1-3H3. The van der Waals surface area contributed by atoms with E-state index in [1.165, 1.54) is 6.07 Å². The molecule has 1 aliphatic rings. The van der Waals surface area contributed by atoms with E-state index in [0.29, 0.717) is 10.6 Å². The van der Waals surface area contributed by atoms with Crippen molar-refractivity contribution in [3.05, 3.63) is 33.9 Å². The number of hydrogen-bond donors (Lipinski definition) is 0. The zero-order valence-corrected chi connectivity index (χ0v) is 12.2. The van der Waals surface area contributed by atoms with Gasteiger partial charge in [0.15, 0.2) is 5.75 Å². The number of halogens is 1. The van der Waals surface area contributed by atoms with E-state index in [0.717, 1.165) is 12.0 Å². The van der Waals surface area contributed by atoms with Crippen LogP contribution in [0.4, 0.5) is 5.69 Å². The molecule has 0 N–H and O–H groups in total. The van der Waals surface area contributed by atoms with Crippen LogP contribution in [-0.2, 0) is 0 Å². The molecule has 0 saturated heterocycles. The Morgan fingerprint density at radius 2 is 2.17 bits per heavy atom. The topological polar surface area (TPSA) is 52.4 Å². The van der Waals surface area contributed by atoms with E-state index in [9.17, 15) is 10.1 Å². The maximum absolute atomic E-state index is 11.0. The number of aryl methyl sites for hydroxylation is 1. The summed E-state index contributed by atoms with van der Waals surface area (Å²) < 4.78 is 5.84. The number of nitro benzene ring substituents is 1. The third kappa shape index (κ3) is 2.23. The average Bonchev–Trinajstić information content (AvgIpc) is 2.28. The van der Waals surface area contributed by atoms with Crippen LogP contribution in [0.1, 0.15) is 25.8 Å². The molecule has 0 amide bonds. The lowest BCUT2D eigenvalue weighted by Gasteiger charge is -2.48. The molecule has 0 bridgehead atoms. The summed E-state index contributed by atoms with van der Waals surface area (Å²) in [5, 5.41) is 11.0. The lowest BCUT2D eigenvalue weighted by molar-refractivity contribution is -0.386. The molecule has 0 heterocycles. The van der Waals surface area contributed by atoms with Crippen molar-refractivity contribution in [1.82, 2.24) is 0 Å². The molecule has 2 rings (SSSR count). The summed E-state index contributed by atoms with van der Waals surface area (Å²) in [6.07, 6.45) is 0.889. The quantitative estimate of drug-likeness (QED) is 0.484. The summed E-state index contributed by atoms with van der Waals surface area (Å²) in [6, 6.07) is 4.96. The molecule has 4 nitrogen and oxygen atoms in total. The van der Waals surface area contributed by atoms with E-state index in [1.807, 2.05) is 6.92 Å². The molecule has 0 spiro atoms. The highest BCUT2D eigenvalue weighted by Gasteiger charge is 2.49. The first-order chi connectivity index (χ1) is 8.32. The number of benzene rings is 1. The van der Waals surface area contributed by atoms with Crippen LogP contribution in [0, 0.1) is 22.5 Å². The predicted octanol–water partition coefficient (Wildman–Crippen LogP) is 3.84. The molecule has 1 aromatic rings. The molecular formula is C13H16BrNO3. The van der Waals surface area contributed by atoms with Crippen LogP contribution < -0.4 is 4.74 Å². The van der Waals surface area contributed by atoms with Crippen molar-refractivity contribution in [1.29, 1.82) is 0 Å². The number of nitro groups is 1. The van der Waals surface area contributed by atoms with Crippen LogP contribution >= 0.6 is 15.9 Å². The molecule has 0 aromatic heterocycles. The fourth-order valence-corrected chi connectivity index (χ4v) is 2.69. The molecular weight excluding hydrogens is 298 g/mol. The highest BCUT2D eigenvalue weighted by atomic mass is 79.9. The second kappa shape index (κ2) is 4.53. The van der Waals surface area contributed by atoms with Gasteiger partial charge in [-0.1, -0.05) is 35.8 Å². The van der Waals surface area contributed by atoms with Gasteiger partial charge in [-0.25, -0.2) is 0 Å². The molecule has 1 saturated carbocycles. The fourth-order valence-electron chi connectivity index (χ4n) is 2.06. The van der Waals surface area contributed by atoms with Gasteiger partial charge in [-0.15, -0.1) is 0 Å². The Morgan fingerprint density at radius 3 is 2.67 bits per heavy atom. The first-order valence-electron chi connectivity index (χ1n) is 5.88. The van der Waals surface area contributed by atoms with Crippen molar-refractivity contribution in [2.75, 3.05) is 0 Å². The zero-order valence-electron chi connectivity index (χ0n) is 10.6. The van der Waals surface area contributed by atoms with Crippen molar-refractivity contribution in [3.8, 4) is 5.75 Å². The molecule has 2 atom stereocenters. The first-order valence-corrected chi connectivity index (χ1v) is 6.79. The Bertz CT molecular complexity index is 487. The third-order valence-corrected chi connectivity index (χ3v) is 5.19. The lowest BCUT2D eigenvalue weighted by atomic mass is 9.69. The molecule has 0 aliphatic heterocycles. The number of alkyl halides is 1. The minimum atomic E-state index is -0.397. The van der Waals surface area contributed by atoms with Gasteiger partial charge in [-0.3, -0.25) is 10.1 Å². The average molecular weight is 314 g/mol. The minimum absolute atomic E-state index is 0.00237. The van der Waals surface area contributed by atoms with Crippen LogP contribution in [-0.4, -0.2) is 15.9 Å². The molecule has 1 aromatic carbocycles. The van der Waals surface area contributed by atoms with Gasteiger partial charge in [0.25, 0.3) is 0 Å². The zero-order chi connectivity index (χ0) is 13.5. The van der Waals surface area contributed by atoms with Crippen LogP contribution in [0.5, 0.6) is 5.75 Å². The summed E-state index contributed by atoms with van der Waals surface area (Å²) >= 11 is 3.58. The van der Waals surface area contributed by atoms with Crippen LogP contribution in [0.3, 0.4) is 0 Å². The monoisotopic (exact) mass is 313 g/mol. The number of ether oxygens (including phenoxy) is 1. The summed E-state index contributed by atoms with van der Waals surface area (Å²) in [5.74, 6) is 0.373. The van der Waals surface area contributed by atoms with Crippen molar-refractivity contribution >= 4 is 21.6 Å². The van der Waals surface area contributed by atoms with Crippen molar-refractivity contribution < 1.29 is 9.66 Å². The Labute approximate surface area is 115 Å². The summed E-state index contributed by atoms with van der Waals surface area (Å²) in [6.45, 7) is 6.10. The number of rotatable bonds is 3. The van der Waals surface area contributed by atoms with Gasteiger partial charge in [0.1, 0.15) is 6.10 Å². The van der Waals surface area contributed by atoms with Crippen molar-refractivity contribution in [2.24, 2.45) is 5.41 Å². The van der Waals surface area contributed by atoms with E-state index in [2.05, 4.69) is 29.8 Å². The molecule has 1 fully saturated rings. The smallest absolute Gasteiger partial charge is 0.310 e. The highest BCUT2D eigenvalue weighted by Crippen LogP contribution is 2.48. The Balaban J connectivity index is 2.24. The summed E-state index contributed by atoms with van der Waals surface area (Å²) in [7, 11) is 0. The Hall–Kier alpha value is -1.10. The van der Waals surface area contributed by atoms with Gasteiger partial charge < -0.3 is 4.74 Å². The second-order valence-electron chi connectivity index (χ2n) is 5.36. The largest absolute Gasteiger partial charge is 0.483 e. The van der Waals surface area contributed by atoms with Gasteiger partial charge in [0.2, 0.25) is 0 Å². The minimum Gasteiger partial charge on any atom is -0.483 e. The van der Waals surface area contributed by atoms with Crippen LogP contribution in [0.25, 0.3) is 0 Å². The summed E-state index contributed by atoms with van der Waals surface area (Å²) in [4.78, 5) is 11.0. The molecule has 2 unspecified atom stereocenters. The third-order valence-electron chi connectivity index (χ3n) is 3.64. The second-order valence-corrected chi connectivity index (χ2v) is 6.46. The van der Waals surface area contributed by atoms with E-state index < -0.39 is 4.92 Å². The Kier molecular flexibility index (Phi) is 3.36. The number of hydrogen-bond acceptors (Lipinski definition) is 3. The van der Waals surface area contributed by atoms with Gasteiger partial charge >= 0.3 is 5.69 Å². The fraction of sp³-hybridized carbons (Fsp3) is 0.538. The molecule has 5 heteroatoms. The van der Waals surface area contributed by atoms with E-state index in [4.69, 9.17) is 4.74 Å². The highest BCUT2D eigenvalue weighted by molar-refractivity contribution is 9.09. The maximum atomic E-state index is 11.0. The van der Waals surface area contributed by atoms with Crippen molar-refractivity contribution in [2.45, 2.75) is 38.1 Å². The summed E-state index contributed by atoms with van der Waals surface area (Å²) in [5.41, 5.74) is 0.995. The lowest BCUT2D eigenvalue weighted by Crippen LogP contribution is -2.53. The molecule has 1 aliphatic carbocycles.